The molecule has 0 spiro atoms. The van der Waals surface area contributed by atoms with Crippen molar-refractivity contribution in [3.05, 3.63) is 23.8 Å². The molecule has 6 heteroatoms. The molecule has 1 aromatic carbocycles. The highest BCUT2D eigenvalue weighted by molar-refractivity contribution is 6.01. The van der Waals surface area contributed by atoms with Gasteiger partial charge in [-0.3, -0.25) is 4.79 Å². The number of hydrogen-bond acceptors (Lipinski definition) is 5. The van der Waals surface area contributed by atoms with Gasteiger partial charge in [0, 0.05) is 12.2 Å². The number of aromatic hydroxyl groups is 1. The molecule has 0 radical (unpaired) electrons. The molecular formula is C15H20N2O4. The van der Waals surface area contributed by atoms with Gasteiger partial charge in [0.05, 0.1) is 12.2 Å². The Kier molecular flexibility index (Phi) is 4.67. The van der Waals surface area contributed by atoms with Crippen molar-refractivity contribution >= 4 is 17.6 Å². The van der Waals surface area contributed by atoms with E-state index in [4.69, 9.17) is 10.5 Å². The van der Waals surface area contributed by atoms with Gasteiger partial charge >= 0.3 is 5.97 Å². The zero-order valence-electron chi connectivity index (χ0n) is 12.0. The summed E-state index contributed by atoms with van der Waals surface area (Å²) in [6, 6.07) is 3.65. The number of nitrogen functional groups attached to an aromatic ring is 1. The Bertz CT molecular complexity index is 544. The van der Waals surface area contributed by atoms with Gasteiger partial charge in [0.2, 0.25) is 0 Å². The molecule has 21 heavy (non-hydrogen) atoms. The fourth-order valence-corrected chi connectivity index (χ4v) is 2.54. The van der Waals surface area contributed by atoms with E-state index < -0.39 is 6.04 Å². The molecule has 0 aliphatic carbocycles. The Labute approximate surface area is 123 Å². The third kappa shape index (κ3) is 3.26. The first-order valence-electron chi connectivity index (χ1n) is 7.10. The molecule has 0 saturated carbocycles. The Morgan fingerprint density at radius 1 is 1.43 bits per heavy atom. The molecular weight excluding hydrogens is 272 g/mol. The molecule has 1 amide bonds. The number of carbonyl (C=O) groups is 2. The summed E-state index contributed by atoms with van der Waals surface area (Å²) in [6.45, 7) is 2.50. The van der Waals surface area contributed by atoms with Crippen LogP contribution in [0, 0.1) is 0 Å². The van der Waals surface area contributed by atoms with Crippen LogP contribution in [0.1, 0.15) is 36.5 Å². The SMILES string of the molecule is CCOC(=O)C1CCCCN1C(=O)c1cc(O)ccc1N. The van der Waals surface area contributed by atoms with Gasteiger partial charge in [0.25, 0.3) is 5.91 Å². The van der Waals surface area contributed by atoms with Crippen molar-refractivity contribution in [2.24, 2.45) is 0 Å². The molecule has 0 aromatic heterocycles. The zero-order valence-corrected chi connectivity index (χ0v) is 12.0. The van der Waals surface area contributed by atoms with Crippen LogP contribution < -0.4 is 5.73 Å². The average Bonchev–Trinajstić information content (AvgIpc) is 2.49. The van der Waals surface area contributed by atoms with Crippen LogP contribution in [0.3, 0.4) is 0 Å². The van der Waals surface area contributed by atoms with Crippen molar-refractivity contribution < 1.29 is 19.4 Å². The van der Waals surface area contributed by atoms with E-state index in [1.807, 2.05) is 0 Å². The van der Waals surface area contributed by atoms with Crippen LogP contribution >= 0.6 is 0 Å². The number of amides is 1. The predicted molar refractivity (Wildman–Crippen MR) is 77.8 cm³/mol. The lowest BCUT2D eigenvalue weighted by Gasteiger charge is -2.34. The lowest BCUT2D eigenvalue weighted by molar-refractivity contribution is -0.149. The fourth-order valence-electron chi connectivity index (χ4n) is 2.54. The highest BCUT2D eigenvalue weighted by Gasteiger charge is 2.34. The predicted octanol–water partition coefficient (Wildman–Crippen LogP) is 1.53. The van der Waals surface area contributed by atoms with Gasteiger partial charge in [-0.2, -0.15) is 0 Å². The van der Waals surface area contributed by atoms with E-state index >= 15 is 0 Å². The van der Waals surface area contributed by atoms with Crippen LogP contribution in [0.15, 0.2) is 18.2 Å². The second kappa shape index (κ2) is 6.47. The summed E-state index contributed by atoms with van der Waals surface area (Å²) in [7, 11) is 0. The quantitative estimate of drug-likeness (QED) is 0.500. The van der Waals surface area contributed by atoms with Crippen molar-refractivity contribution in [3.63, 3.8) is 0 Å². The van der Waals surface area contributed by atoms with Crippen LogP contribution in [0.4, 0.5) is 5.69 Å². The smallest absolute Gasteiger partial charge is 0.328 e. The highest BCUT2D eigenvalue weighted by atomic mass is 16.5. The lowest BCUT2D eigenvalue weighted by atomic mass is 10.0. The van der Waals surface area contributed by atoms with Crippen molar-refractivity contribution in [2.45, 2.75) is 32.2 Å². The summed E-state index contributed by atoms with van der Waals surface area (Å²) in [4.78, 5) is 26.1. The molecule has 2 rings (SSSR count). The van der Waals surface area contributed by atoms with Crippen LogP contribution in [-0.2, 0) is 9.53 Å². The summed E-state index contributed by atoms with van der Waals surface area (Å²) in [5.74, 6) is -0.761. The van der Waals surface area contributed by atoms with Gasteiger partial charge in [-0.05, 0) is 44.4 Å². The number of carbonyl (C=O) groups excluding carboxylic acids is 2. The van der Waals surface area contributed by atoms with Crippen LogP contribution in [0.25, 0.3) is 0 Å². The third-order valence-electron chi connectivity index (χ3n) is 3.59. The van der Waals surface area contributed by atoms with Gasteiger partial charge in [-0.15, -0.1) is 0 Å². The number of benzene rings is 1. The number of ether oxygens (including phenoxy) is 1. The first-order chi connectivity index (χ1) is 10.0. The molecule has 3 N–H and O–H groups in total. The number of rotatable bonds is 3. The number of esters is 1. The van der Waals surface area contributed by atoms with E-state index in [1.54, 1.807) is 6.92 Å². The number of anilines is 1. The molecule has 114 valence electrons. The van der Waals surface area contributed by atoms with Crippen LogP contribution in [-0.4, -0.2) is 41.1 Å². The number of nitrogens with two attached hydrogens (primary N) is 1. The second-order valence-corrected chi connectivity index (χ2v) is 5.03. The molecule has 1 atom stereocenters. The van der Waals surface area contributed by atoms with Crippen molar-refractivity contribution in [3.8, 4) is 5.75 Å². The van der Waals surface area contributed by atoms with Crippen molar-refractivity contribution in [2.75, 3.05) is 18.9 Å². The maximum Gasteiger partial charge on any atom is 0.328 e. The minimum atomic E-state index is -0.576. The molecule has 1 aromatic rings. The average molecular weight is 292 g/mol. The van der Waals surface area contributed by atoms with Crippen LogP contribution in [0.5, 0.6) is 5.75 Å². The Balaban J connectivity index is 2.26. The first-order valence-corrected chi connectivity index (χ1v) is 7.10. The fraction of sp³-hybridized carbons (Fsp3) is 0.467. The Morgan fingerprint density at radius 3 is 2.90 bits per heavy atom. The van der Waals surface area contributed by atoms with E-state index in [2.05, 4.69) is 0 Å². The minimum Gasteiger partial charge on any atom is -0.508 e. The maximum absolute atomic E-state index is 12.6. The molecule has 1 heterocycles. The van der Waals surface area contributed by atoms with E-state index in [-0.39, 0.29) is 35.5 Å². The number of nitrogens with zero attached hydrogens (tertiary/aromatic N) is 1. The van der Waals surface area contributed by atoms with Gasteiger partial charge in [-0.25, -0.2) is 4.79 Å². The molecule has 6 nitrogen and oxygen atoms in total. The van der Waals surface area contributed by atoms with Gasteiger partial charge in [0.1, 0.15) is 11.8 Å². The van der Waals surface area contributed by atoms with E-state index in [0.29, 0.717) is 13.0 Å². The summed E-state index contributed by atoms with van der Waals surface area (Å²) < 4.78 is 5.04. The normalized spacial score (nSPS) is 18.3. The van der Waals surface area contributed by atoms with E-state index in [0.717, 1.165) is 12.8 Å². The number of phenols is 1. The van der Waals surface area contributed by atoms with Gasteiger partial charge in [-0.1, -0.05) is 0 Å². The lowest BCUT2D eigenvalue weighted by Crippen LogP contribution is -2.48. The molecule has 1 aliphatic heterocycles. The number of likely N-dealkylation sites (tertiary alicyclic amines) is 1. The summed E-state index contributed by atoms with van der Waals surface area (Å²) in [6.07, 6.45) is 2.30. The number of hydrogen-bond donors (Lipinski definition) is 2. The molecule has 1 unspecified atom stereocenters. The standard InChI is InChI=1S/C15H20N2O4/c1-2-21-15(20)13-5-3-4-8-17(13)14(19)11-9-10(18)6-7-12(11)16/h6-7,9,13,18H,2-5,8,16H2,1H3. The van der Waals surface area contributed by atoms with Gasteiger partial charge < -0.3 is 20.5 Å². The number of piperidine rings is 1. The second-order valence-electron chi connectivity index (χ2n) is 5.03. The number of phenolic OH excluding ortho intramolecular Hbond substituents is 1. The molecule has 1 fully saturated rings. The Morgan fingerprint density at radius 2 is 2.19 bits per heavy atom. The molecule has 0 bridgehead atoms. The highest BCUT2D eigenvalue weighted by Crippen LogP contribution is 2.25. The first kappa shape index (κ1) is 15.2. The van der Waals surface area contributed by atoms with E-state index in [1.165, 1.54) is 23.1 Å². The monoisotopic (exact) mass is 292 g/mol. The minimum absolute atomic E-state index is 0.0303. The van der Waals surface area contributed by atoms with E-state index in [9.17, 15) is 14.7 Å². The largest absolute Gasteiger partial charge is 0.508 e. The summed E-state index contributed by atoms with van der Waals surface area (Å²) in [5, 5.41) is 9.53. The van der Waals surface area contributed by atoms with Crippen molar-refractivity contribution in [1.29, 1.82) is 0 Å². The van der Waals surface area contributed by atoms with Crippen molar-refractivity contribution in [1.82, 2.24) is 4.90 Å². The summed E-state index contributed by atoms with van der Waals surface area (Å²) >= 11 is 0. The van der Waals surface area contributed by atoms with Crippen LogP contribution in [0.2, 0.25) is 0 Å². The molecule has 1 aliphatic rings. The maximum atomic E-state index is 12.6. The summed E-state index contributed by atoms with van der Waals surface area (Å²) in [5.41, 5.74) is 6.30. The third-order valence-corrected chi connectivity index (χ3v) is 3.59. The molecule has 1 saturated heterocycles. The topological polar surface area (TPSA) is 92.9 Å². The zero-order chi connectivity index (χ0) is 15.4. The van der Waals surface area contributed by atoms with Gasteiger partial charge in [0.15, 0.2) is 0 Å². The Hall–Kier alpha value is -2.24.